The molecule has 0 aliphatic rings. The van der Waals surface area contributed by atoms with Crippen LogP contribution < -0.4 is 26.0 Å². The number of para-hydroxylation sites is 1. The van der Waals surface area contributed by atoms with Crippen molar-refractivity contribution in [2.24, 2.45) is 0 Å². The third-order valence-corrected chi connectivity index (χ3v) is 6.53. The van der Waals surface area contributed by atoms with E-state index in [2.05, 4.69) is 5.32 Å². The van der Waals surface area contributed by atoms with Gasteiger partial charge in [0.05, 0.1) is 31.7 Å². The molecule has 1 amide bonds. The molecule has 0 bridgehead atoms. The lowest BCUT2D eigenvalue weighted by Crippen LogP contribution is -2.41. The van der Waals surface area contributed by atoms with Gasteiger partial charge in [0.1, 0.15) is 0 Å². The number of methoxy groups -OCH3 is 2. The smallest absolute Gasteiger partial charge is 0.331 e. The summed E-state index contributed by atoms with van der Waals surface area (Å²) in [7, 11) is 3.14. The third-order valence-electron chi connectivity index (χ3n) is 6.16. The van der Waals surface area contributed by atoms with E-state index < -0.39 is 11.2 Å². The predicted molar refractivity (Wildman–Crippen MR) is 144 cm³/mol. The van der Waals surface area contributed by atoms with Crippen LogP contribution in [0.3, 0.4) is 0 Å². The number of hydrogen-bond donors (Lipinski definition) is 1. The second kappa shape index (κ2) is 11.8. The summed E-state index contributed by atoms with van der Waals surface area (Å²) < 4.78 is 13.2. The molecule has 0 unspecified atom stereocenters. The van der Waals surface area contributed by atoms with Crippen LogP contribution in [0.5, 0.6) is 11.5 Å². The molecule has 9 heteroatoms. The lowest BCUT2D eigenvalue weighted by Gasteiger charge is -2.15. The molecule has 1 N–H and O–H groups in total. The molecule has 0 saturated carbocycles. The molecule has 37 heavy (non-hydrogen) atoms. The van der Waals surface area contributed by atoms with Gasteiger partial charge in [0, 0.05) is 24.5 Å². The van der Waals surface area contributed by atoms with Gasteiger partial charge in [0.15, 0.2) is 11.5 Å². The van der Waals surface area contributed by atoms with Crippen molar-refractivity contribution in [3.05, 3.63) is 104 Å². The maximum atomic E-state index is 13.4. The van der Waals surface area contributed by atoms with Crippen molar-refractivity contribution >= 4 is 28.4 Å². The van der Waals surface area contributed by atoms with Crippen molar-refractivity contribution in [3.8, 4) is 11.5 Å². The summed E-state index contributed by atoms with van der Waals surface area (Å²) >= 11 is 6.33. The molecule has 0 fully saturated rings. The molecule has 1 heterocycles. The van der Waals surface area contributed by atoms with E-state index in [1.807, 2.05) is 36.4 Å². The first-order valence-corrected chi connectivity index (χ1v) is 12.2. The van der Waals surface area contributed by atoms with E-state index >= 15 is 0 Å². The van der Waals surface area contributed by atoms with Crippen LogP contribution in [0.4, 0.5) is 0 Å². The first-order chi connectivity index (χ1) is 17.9. The van der Waals surface area contributed by atoms with Gasteiger partial charge in [-0.05, 0) is 47.9 Å². The van der Waals surface area contributed by atoms with Gasteiger partial charge < -0.3 is 14.8 Å². The van der Waals surface area contributed by atoms with Crippen LogP contribution in [0, 0.1) is 0 Å². The summed E-state index contributed by atoms with van der Waals surface area (Å²) in [5, 5.41) is 3.79. The Hall–Kier alpha value is -4.04. The van der Waals surface area contributed by atoms with Crippen LogP contribution in [0.2, 0.25) is 5.02 Å². The van der Waals surface area contributed by atoms with Gasteiger partial charge in [-0.3, -0.25) is 18.7 Å². The van der Waals surface area contributed by atoms with Gasteiger partial charge in [-0.1, -0.05) is 48.0 Å². The van der Waals surface area contributed by atoms with Gasteiger partial charge in [0.2, 0.25) is 5.91 Å². The maximum absolute atomic E-state index is 13.4. The number of aromatic nitrogens is 2. The Morgan fingerprint density at radius 2 is 1.65 bits per heavy atom. The number of halogens is 1. The molecule has 0 saturated heterocycles. The topological polar surface area (TPSA) is 91.6 Å². The zero-order valence-corrected chi connectivity index (χ0v) is 21.5. The van der Waals surface area contributed by atoms with Crippen molar-refractivity contribution in [2.75, 3.05) is 20.8 Å². The van der Waals surface area contributed by atoms with Crippen LogP contribution in [0.25, 0.3) is 10.9 Å². The van der Waals surface area contributed by atoms with E-state index in [0.717, 1.165) is 15.7 Å². The van der Waals surface area contributed by atoms with Crippen LogP contribution in [0.1, 0.15) is 17.5 Å². The lowest BCUT2D eigenvalue weighted by molar-refractivity contribution is -0.121. The Bertz CT molecular complexity index is 1540. The highest BCUT2D eigenvalue weighted by atomic mass is 35.5. The number of carbonyl (C=O) groups excluding carboxylic acids is 1. The van der Waals surface area contributed by atoms with Crippen LogP contribution >= 0.6 is 11.6 Å². The molecule has 0 atom stereocenters. The Morgan fingerprint density at radius 3 is 2.41 bits per heavy atom. The van der Waals surface area contributed by atoms with E-state index in [9.17, 15) is 14.4 Å². The SMILES string of the molecule is COc1ccc(CCNC(=O)CCn2c(=O)c3ccccc3n(Cc3ccccc3Cl)c2=O)cc1OC. The van der Waals surface area contributed by atoms with Gasteiger partial charge in [-0.15, -0.1) is 0 Å². The quantitative estimate of drug-likeness (QED) is 0.344. The summed E-state index contributed by atoms with van der Waals surface area (Å²) in [4.78, 5) is 39.0. The number of benzene rings is 3. The van der Waals surface area contributed by atoms with Gasteiger partial charge >= 0.3 is 5.69 Å². The lowest BCUT2D eigenvalue weighted by atomic mass is 10.1. The second-order valence-electron chi connectivity index (χ2n) is 8.47. The average Bonchev–Trinajstić information content (AvgIpc) is 2.91. The number of carbonyl (C=O) groups is 1. The van der Waals surface area contributed by atoms with Crippen molar-refractivity contribution in [2.45, 2.75) is 25.9 Å². The normalized spacial score (nSPS) is 10.9. The molecule has 1 aromatic heterocycles. The Labute approximate surface area is 219 Å². The van der Waals surface area contributed by atoms with Crippen molar-refractivity contribution in [1.29, 1.82) is 0 Å². The monoisotopic (exact) mass is 521 g/mol. The average molecular weight is 522 g/mol. The third kappa shape index (κ3) is 5.86. The van der Waals surface area contributed by atoms with Gasteiger partial charge in [0.25, 0.3) is 5.56 Å². The highest BCUT2D eigenvalue weighted by Gasteiger charge is 2.15. The van der Waals surface area contributed by atoms with Crippen LogP contribution in [-0.4, -0.2) is 35.8 Å². The fourth-order valence-corrected chi connectivity index (χ4v) is 4.40. The molecule has 4 rings (SSSR count). The number of fused-ring (bicyclic) bond motifs is 1. The summed E-state index contributed by atoms with van der Waals surface area (Å²) in [5.74, 6) is 1.00. The van der Waals surface area contributed by atoms with Gasteiger partial charge in [-0.2, -0.15) is 0 Å². The molecule has 0 aliphatic heterocycles. The maximum Gasteiger partial charge on any atom is 0.331 e. The largest absolute Gasteiger partial charge is 0.493 e. The molecule has 0 radical (unpaired) electrons. The van der Waals surface area contributed by atoms with E-state index in [4.69, 9.17) is 21.1 Å². The number of amides is 1. The minimum Gasteiger partial charge on any atom is -0.493 e. The fraction of sp³-hybridized carbons (Fsp3) is 0.250. The summed E-state index contributed by atoms with van der Waals surface area (Å²) in [5.41, 5.74) is 1.35. The highest BCUT2D eigenvalue weighted by Crippen LogP contribution is 2.27. The number of ether oxygens (including phenoxy) is 2. The summed E-state index contributed by atoms with van der Waals surface area (Å²) in [6.45, 7) is 0.571. The Kier molecular flexibility index (Phi) is 8.30. The van der Waals surface area contributed by atoms with Crippen LogP contribution in [-0.2, 0) is 24.3 Å². The van der Waals surface area contributed by atoms with Crippen molar-refractivity contribution < 1.29 is 14.3 Å². The zero-order chi connectivity index (χ0) is 26.4. The van der Waals surface area contributed by atoms with E-state index in [1.165, 1.54) is 4.57 Å². The standard InChI is InChI=1S/C28H28ClN3O5/c1-36-24-12-11-19(17-25(24)37-2)13-15-30-26(33)14-16-31-27(34)21-8-4-6-10-23(21)32(28(31)35)18-20-7-3-5-9-22(20)29/h3-12,17H,13-16,18H2,1-2H3,(H,30,33). The number of nitrogens with one attached hydrogen (secondary N) is 1. The van der Waals surface area contributed by atoms with E-state index in [-0.39, 0.29) is 25.4 Å². The van der Waals surface area contributed by atoms with Gasteiger partial charge in [-0.25, -0.2) is 4.79 Å². The van der Waals surface area contributed by atoms with E-state index in [1.54, 1.807) is 44.6 Å². The molecular weight excluding hydrogens is 494 g/mol. The Balaban J connectivity index is 1.48. The molecule has 3 aromatic carbocycles. The Morgan fingerprint density at radius 1 is 0.919 bits per heavy atom. The van der Waals surface area contributed by atoms with E-state index in [0.29, 0.717) is 40.4 Å². The molecule has 8 nitrogen and oxygen atoms in total. The molecule has 192 valence electrons. The van der Waals surface area contributed by atoms with Crippen molar-refractivity contribution in [3.63, 3.8) is 0 Å². The summed E-state index contributed by atoms with van der Waals surface area (Å²) in [6.07, 6.45) is 0.582. The molecule has 0 aliphatic carbocycles. The fourth-order valence-electron chi connectivity index (χ4n) is 4.20. The second-order valence-corrected chi connectivity index (χ2v) is 8.88. The zero-order valence-electron chi connectivity index (χ0n) is 20.7. The molecule has 4 aromatic rings. The first kappa shape index (κ1) is 26.0. The number of hydrogen-bond acceptors (Lipinski definition) is 5. The first-order valence-electron chi connectivity index (χ1n) is 11.9. The van der Waals surface area contributed by atoms with Crippen molar-refractivity contribution in [1.82, 2.24) is 14.5 Å². The summed E-state index contributed by atoms with van der Waals surface area (Å²) in [6, 6.07) is 19.8. The number of nitrogens with zero attached hydrogens (tertiary/aromatic N) is 2. The number of rotatable bonds is 10. The minimum atomic E-state index is -0.484. The van der Waals surface area contributed by atoms with Crippen LogP contribution in [0.15, 0.2) is 76.3 Å². The molecule has 0 spiro atoms. The minimum absolute atomic E-state index is 0.00842. The highest BCUT2D eigenvalue weighted by molar-refractivity contribution is 6.31. The predicted octanol–water partition coefficient (Wildman–Crippen LogP) is 3.63. The molecular formula is C28H28ClN3O5.